The van der Waals surface area contributed by atoms with Crippen LogP contribution in [0.25, 0.3) is 0 Å². The number of rotatable bonds is 13. The van der Waals surface area contributed by atoms with Gasteiger partial charge in [-0.3, -0.25) is 0 Å². The Morgan fingerprint density at radius 2 is 1.06 bits per heavy atom. The maximum atomic E-state index is 3.08. The SMILES string of the molecule is C/[C]=C\CCCCCCCCCCCCCC. The standard InChI is InChI=1S/C17H33/c1-3-5-7-9-11-13-15-17-16-14-12-10-8-6-4-2/h6H,3,5,7-17H2,1-2H3. The van der Waals surface area contributed by atoms with Gasteiger partial charge in [0.15, 0.2) is 0 Å². The van der Waals surface area contributed by atoms with Gasteiger partial charge >= 0.3 is 0 Å². The average molecular weight is 237 g/mol. The predicted octanol–water partition coefficient (Wildman–Crippen LogP) is 6.46. The fourth-order valence-corrected chi connectivity index (χ4v) is 2.23. The van der Waals surface area contributed by atoms with Crippen LogP contribution in [0.4, 0.5) is 0 Å². The topological polar surface area (TPSA) is 0 Å². The van der Waals surface area contributed by atoms with E-state index in [-0.39, 0.29) is 0 Å². The molecule has 0 unspecified atom stereocenters. The lowest BCUT2D eigenvalue weighted by molar-refractivity contribution is 0.545. The molecule has 0 saturated carbocycles. The fourth-order valence-electron chi connectivity index (χ4n) is 2.23. The zero-order valence-corrected chi connectivity index (χ0v) is 12.3. The first-order valence-corrected chi connectivity index (χ1v) is 7.90. The van der Waals surface area contributed by atoms with Crippen LogP contribution in [0, 0.1) is 6.08 Å². The Morgan fingerprint density at radius 1 is 0.647 bits per heavy atom. The van der Waals surface area contributed by atoms with E-state index in [1.165, 1.54) is 83.5 Å². The molecule has 0 aliphatic rings. The summed E-state index contributed by atoms with van der Waals surface area (Å²) in [6, 6.07) is 0. The van der Waals surface area contributed by atoms with Crippen LogP contribution in [0.15, 0.2) is 6.08 Å². The van der Waals surface area contributed by atoms with E-state index in [9.17, 15) is 0 Å². The molecule has 17 heavy (non-hydrogen) atoms. The molecule has 0 heteroatoms. The van der Waals surface area contributed by atoms with Crippen molar-refractivity contribution in [1.29, 1.82) is 0 Å². The van der Waals surface area contributed by atoms with Crippen molar-refractivity contribution in [2.24, 2.45) is 0 Å². The van der Waals surface area contributed by atoms with Gasteiger partial charge in [-0.15, -0.1) is 0 Å². The molecule has 0 aliphatic carbocycles. The zero-order valence-electron chi connectivity index (χ0n) is 12.3. The van der Waals surface area contributed by atoms with Gasteiger partial charge in [0.2, 0.25) is 0 Å². The van der Waals surface area contributed by atoms with Crippen molar-refractivity contribution in [3.8, 4) is 0 Å². The lowest BCUT2D eigenvalue weighted by atomic mass is 10.0. The molecular weight excluding hydrogens is 204 g/mol. The van der Waals surface area contributed by atoms with Crippen LogP contribution in [-0.2, 0) is 0 Å². The summed E-state index contributed by atoms with van der Waals surface area (Å²) in [5.74, 6) is 0. The van der Waals surface area contributed by atoms with Gasteiger partial charge in [0.25, 0.3) is 0 Å². The summed E-state index contributed by atoms with van der Waals surface area (Å²) < 4.78 is 0. The van der Waals surface area contributed by atoms with E-state index in [0.717, 1.165) is 0 Å². The van der Waals surface area contributed by atoms with Gasteiger partial charge in [-0.2, -0.15) is 0 Å². The minimum absolute atomic E-state index is 1.23. The Balaban J connectivity index is 2.89. The van der Waals surface area contributed by atoms with Gasteiger partial charge in [0.05, 0.1) is 0 Å². The summed E-state index contributed by atoms with van der Waals surface area (Å²) in [4.78, 5) is 0. The van der Waals surface area contributed by atoms with Crippen LogP contribution in [0.2, 0.25) is 0 Å². The van der Waals surface area contributed by atoms with Crippen LogP contribution in [-0.4, -0.2) is 0 Å². The summed E-state index contributed by atoms with van der Waals surface area (Å²) in [6.45, 7) is 4.27. The third-order valence-corrected chi connectivity index (χ3v) is 3.41. The van der Waals surface area contributed by atoms with E-state index in [1.807, 2.05) is 6.92 Å². The van der Waals surface area contributed by atoms with Crippen molar-refractivity contribution in [2.75, 3.05) is 0 Å². The van der Waals surface area contributed by atoms with Crippen molar-refractivity contribution in [2.45, 2.75) is 97.3 Å². The molecule has 0 spiro atoms. The van der Waals surface area contributed by atoms with Gasteiger partial charge in [-0.05, 0) is 19.8 Å². The molecular formula is C17H33. The third kappa shape index (κ3) is 15.7. The first-order chi connectivity index (χ1) is 8.41. The molecule has 0 saturated heterocycles. The Labute approximate surface area is 110 Å². The van der Waals surface area contributed by atoms with Gasteiger partial charge < -0.3 is 0 Å². The van der Waals surface area contributed by atoms with Gasteiger partial charge in [0.1, 0.15) is 0 Å². The largest absolute Gasteiger partial charge is 0.0813 e. The molecule has 0 aromatic carbocycles. The first-order valence-electron chi connectivity index (χ1n) is 7.90. The number of allylic oxidation sites excluding steroid dienone is 2. The highest BCUT2D eigenvalue weighted by atomic mass is 14.0. The molecule has 0 heterocycles. The van der Waals surface area contributed by atoms with Gasteiger partial charge in [-0.1, -0.05) is 89.7 Å². The van der Waals surface area contributed by atoms with Crippen molar-refractivity contribution in [1.82, 2.24) is 0 Å². The van der Waals surface area contributed by atoms with Gasteiger partial charge in [0, 0.05) is 0 Å². The molecule has 0 rings (SSSR count). The normalized spacial score (nSPS) is 11.4. The highest BCUT2D eigenvalue weighted by Crippen LogP contribution is 2.12. The van der Waals surface area contributed by atoms with Crippen LogP contribution in [0.3, 0.4) is 0 Å². The fraction of sp³-hybridized carbons (Fsp3) is 0.882. The Hall–Kier alpha value is -0.260. The Bertz CT molecular complexity index is 146. The lowest BCUT2D eigenvalue weighted by Gasteiger charge is -2.02. The molecule has 0 nitrogen and oxygen atoms in total. The highest BCUT2D eigenvalue weighted by Gasteiger charge is 1.92. The zero-order chi connectivity index (χ0) is 12.6. The third-order valence-electron chi connectivity index (χ3n) is 3.41. The van der Waals surface area contributed by atoms with Crippen molar-refractivity contribution >= 4 is 0 Å². The first kappa shape index (κ1) is 16.7. The van der Waals surface area contributed by atoms with E-state index < -0.39 is 0 Å². The van der Waals surface area contributed by atoms with E-state index in [2.05, 4.69) is 19.1 Å². The maximum absolute atomic E-state index is 3.08. The van der Waals surface area contributed by atoms with E-state index >= 15 is 0 Å². The lowest BCUT2D eigenvalue weighted by Crippen LogP contribution is -1.82. The van der Waals surface area contributed by atoms with E-state index in [0.29, 0.717) is 0 Å². The second-order valence-electron chi connectivity index (χ2n) is 5.17. The summed E-state index contributed by atoms with van der Waals surface area (Å²) in [7, 11) is 0. The smallest absolute Gasteiger partial charge is 0.0345 e. The van der Waals surface area contributed by atoms with Crippen LogP contribution in [0.5, 0.6) is 0 Å². The predicted molar refractivity (Wildman–Crippen MR) is 79.2 cm³/mol. The summed E-state index contributed by atoms with van der Waals surface area (Å²) in [5, 5.41) is 0. The number of hydrogen-bond acceptors (Lipinski definition) is 0. The summed E-state index contributed by atoms with van der Waals surface area (Å²) in [5.41, 5.74) is 0. The molecule has 0 fully saturated rings. The van der Waals surface area contributed by atoms with Crippen molar-refractivity contribution < 1.29 is 0 Å². The molecule has 0 bridgehead atoms. The molecule has 0 atom stereocenters. The second-order valence-corrected chi connectivity index (χ2v) is 5.17. The van der Waals surface area contributed by atoms with Crippen LogP contribution in [0.1, 0.15) is 97.3 Å². The Morgan fingerprint density at radius 3 is 1.47 bits per heavy atom. The highest BCUT2D eigenvalue weighted by molar-refractivity contribution is 4.69. The Kier molecular flexibility index (Phi) is 15.5. The van der Waals surface area contributed by atoms with Crippen LogP contribution < -0.4 is 0 Å². The van der Waals surface area contributed by atoms with Crippen molar-refractivity contribution in [3.05, 3.63) is 12.2 Å². The average Bonchev–Trinajstić information content (AvgIpc) is 2.35. The van der Waals surface area contributed by atoms with Gasteiger partial charge in [-0.25, -0.2) is 0 Å². The summed E-state index contributed by atoms with van der Waals surface area (Å²) >= 11 is 0. The monoisotopic (exact) mass is 237 g/mol. The molecule has 0 aromatic rings. The minimum Gasteiger partial charge on any atom is -0.0813 e. The van der Waals surface area contributed by atoms with Crippen molar-refractivity contribution in [3.63, 3.8) is 0 Å². The van der Waals surface area contributed by atoms with E-state index in [1.54, 1.807) is 0 Å². The number of unbranched alkanes of at least 4 members (excludes halogenated alkanes) is 12. The molecule has 0 N–H and O–H groups in total. The minimum atomic E-state index is 1.23. The van der Waals surface area contributed by atoms with E-state index in [4.69, 9.17) is 0 Å². The molecule has 0 aromatic heterocycles. The van der Waals surface area contributed by atoms with Crippen LogP contribution >= 0.6 is 0 Å². The second kappa shape index (κ2) is 15.7. The quantitative estimate of drug-likeness (QED) is 0.323. The summed E-state index contributed by atoms with van der Waals surface area (Å²) in [6.07, 6.45) is 23.7. The molecule has 0 amide bonds. The maximum Gasteiger partial charge on any atom is -0.0345 e. The molecule has 1 radical (unpaired) electrons. The molecule has 0 aliphatic heterocycles. The molecule has 101 valence electrons. The number of hydrogen-bond donors (Lipinski definition) is 0.